The molecule has 5 nitrogen and oxygen atoms in total. The number of hydrogen-bond acceptors (Lipinski definition) is 4. The number of sulfonamides is 1. The molecule has 1 unspecified atom stereocenters. The summed E-state index contributed by atoms with van der Waals surface area (Å²) in [6.45, 7) is 4.69. The van der Waals surface area contributed by atoms with Crippen LogP contribution in [0.3, 0.4) is 0 Å². The van der Waals surface area contributed by atoms with Gasteiger partial charge in [-0.2, -0.15) is 0 Å². The van der Waals surface area contributed by atoms with Crippen molar-refractivity contribution in [2.45, 2.75) is 50.5 Å². The third-order valence-corrected chi connectivity index (χ3v) is 5.70. The SMILES string of the molecule is Cc1ccc(N)c(C)c1S(=O)(=O)NCCC1CCCCO1. The zero-order chi connectivity index (χ0) is 15.5. The van der Waals surface area contributed by atoms with E-state index in [2.05, 4.69) is 4.72 Å². The highest BCUT2D eigenvalue weighted by molar-refractivity contribution is 7.89. The number of benzene rings is 1. The number of rotatable bonds is 5. The van der Waals surface area contributed by atoms with Crippen molar-refractivity contribution >= 4 is 15.7 Å². The lowest BCUT2D eigenvalue weighted by Crippen LogP contribution is -2.30. The minimum absolute atomic E-state index is 0.171. The molecule has 1 aliphatic rings. The van der Waals surface area contributed by atoms with Gasteiger partial charge in [0.05, 0.1) is 11.0 Å². The van der Waals surface area contributed by atoms with Crippen molar-refractivity contribution in [1.29, 1.82) is 0 Å². The van der Waals surface area contributed by atoms with E-state index in [4.69, 9.17) is 10.5 Å². The van der Waals surface area contributed by atoms with E-state index in [-0.39, 0.29) is 6.10 Å². The summed E-state index contributed by atoms with van der Waals surface area (Å²) < 4.78 is 33.2. The quantitative estimate of drug-likeness (QED) is 0.816. The first kappa shape index (κ1) is 16.3. The number of nitrogens with two attached hydrogens (primary N) is 1. The molecule has 0 saturated carbocycles. The third-order valence-electron chi connectivity index (χ3n) is 3.95. The Morgan fingerprint density at radius 2 is 2.10 bits per heavy atom. The van der Waals surface area contributed by atoms with Crippen LogP contribution in [0.5, 0.6) is 0 Å². The summed E-state index contributed by atoms with van der Waals surface area (Å²) in [7, 11) is -3.53. The number of ether oxygens (including phenoxy) is 1. The zero-order valence-electron chi connectivity index (χ0n) is 12.7. The first-order valence-electron chi connectivity index (χ1n) is 7.39. The van der Waals surface area contributed by atoms with Gasteiger partial charge in [0.1, 0.15) is 0 Å². The Morgan fingerprint density at radius 1 is 1.33 bits per heavy atom. The van der Waals surface area contributed by atoms with E-state index in [1.54, 1.807) is 26.0 Å². The number of hydrogen-bond donors (Lipinski definition) is 2. The summed E-state index contributed by atoms with van der Waals surface area (Å²) in [6, 6.07) is 3.47. The lowest BCUT2D eigenvalue weighted by molar-refractivity contribution is 0.0123. The first-order valence-corrected chi connectivity index (χ1v) is 8.87. The Kier molecular flexibility index (Phi) is 5.24. The molecule has 1 aliphatic heterocycles. The molecule has 0 aromatic heterocycles. The van der Waals surface area contributed by atoms with Gasteiger partial charge in [0.25, 0.3) is 0 Å². The molecule has 6 heteroatoms. The molecular weight excluding hydrogens is 288 g/mol. The summed E-state index contributed by atoms with van der Waals surface area (Å²) in [5.74, 6) is 0. The Hall–Kier alpha value is -1.11. The highest BCUT2D eigenvalue weighted by Gasteiger charge is 2.21. The molecule has 0 spiro atoms. The molecule has 0 radical (unpaired) electrons. The molecule has 21 heavy (non-hydrogen) atoms. The molecule has 1 saturated heterocycles. The molecular formula is C15H24N2O3S. The number of nitrogen functional groups attached to an aromatic ring is 1. The maximum atomic E-state index is 12.5. The van der Waals surface area contributed by atoms with E-state index in [0.717, 1.165) is 25.9 Å². The fraction of sp³-hybridized carbons (Fsp3) is 0.600. The fourth-order valence-electron chi connectivity index (χ4n) is 2.72. The molecule has 1 aromatic rings. The van der Waals surface area contributed by atoms with Crippen LogP contribution in [0.4, 0.5) is 5.69 Å². The minimum atomic E-state index is -3.53. The van der Waals surface area contributed by atoms with Crippen LogP contribution in [0, 0.1) is 13.8 Å². The van der Waals surface area contributed by atoms with Crippen LogP contribution in [0.25, 0.3) is 0 Å². The van der Waals surface area contributed by atoms with Crippen molar-refractivity contribution in [3.63, 3.8) is 0 Å². The van der Waals surface area contributed by atoms with Gasteiger partial charge < -0.3 is 10.5 Å². The fourth-order valence-corrected chi connectivity index (χ4v) is 4.26. The van der Waals surface area contributed by atoms with Crippen LogP contribution in [0.2, 0.25) is 0 Å². The highest BCUT2D eigenvalue weighted by Crippen LogP contribution is 2.24. The van der Waals surface area contributed by atoms with Gasteiger partial charge in [0.2, 0.25) is 10.0 Å². The van der Waals surface area contributed by atoms with Crippen molar-refractivity contribution in [1.82, 2.24) is 4.72 Å². The topological polar surface area (TPSA) is 81.4 Å². The van der Waals surface area contributed by atoms with Crippen LogP contribution in [-0.2, 0) is 14.8 Å². The van der Waals surface area contributed by atoms with Gasteiger partial charge in [0, 0.05) is 18.8 Å². The molecule has 0 amide bonds. The van der Waals surface area contributed by atoms with Crippen LogP contribution in [0.15, 0.2) is 17.0 Å². The third kappa shape index (κ3) is 3.96. The lowest BCUT2D eigenvalue weighted by Gasteiger charge is -2.22. The second-order valence-electron chi connectivity index (χ2n) is 5.60. The molecule has 1 heterocycles. The molecule has 1 atom stereocenters. The Bertz CT molecular complexity index is 593. The number of nitrogens with one attached hydrogen (secondary N) is 1. The average Bonchev–Trinajstić information content (AvgIpc) is 2.44. The van der Waals surface area contributed by atoms with Gasteiger partial charge in [0.15, 0.2) is 0 Å². The molecule has 0 aliphatic carbocycles. The van der Waals surface area contributed by atoms with Crippen molar-refractivity contribution in [2.75, 3.05) is 18.9 Å². The van der Waals surface area contributed by atoms with E-state index in [9.17, 15) is 8.42 Å². The Balaban J connectivity index is 2.03. The molecule has 118 valence electrons. The summed E-state index contributed by atoms with van der Waals surface area (Å²) in [5, 5.41) is 0. The highest BCUT2D eigenvalue weighted by atomic mass is 32.2. The van der Waals surface area contributed by atoms with Crippen molar-refractivity contribution < 1.29 is 13.2 Å². The van der Waals surface area contributed by atoms with Crippen molar-refractivity contribution in [3.05, 3.63) is 23.3 Å². The zero-order valence-corrected chi connectivity index (χ0v) is 13.5. The molecule has 1 aromatic carbocycles. The maximum absolute atomic E-state index is 12.5. The number of anilines is 1. The van der Waals surface area contributed by atoms with Gasteiger partial charge in [-0.15, -0.1) is 0 Å². The molecule has 0 bridgehead atoms. The van der Waals surface area contributed by atoms with Gasteiger partial charge in [-0.05, 0) is 56.7 Å². The monoisotopic (exact) mass is 312 g/mol. The predicted octanol–water partition coefficient (Wildman–Crippen LogP) is 2.12. The standard InChI is InChI=1S/C15H24N2O3S/c1-11-6-7-14(16)12(2)15(11)21(18,19)17-9-8-13-5-3-4-10-20-13/h6-7,13,17H,3-5,8-10,16H2,1-2H3. The second-order valence-corrected chi connectivity index (χ2v) is 7.30. The Labute approximate surface area is 126 Å². The van der Waals surface area contributed by atoms with E-state index in [0.29, 0.717) is 34.7 Å². The Morgan fingerprint density at radius 3 is 2.76 bits per heavy atom. The van der Waals surface area contributed by atoms with Crippen LogP contribution in [0.1, 0.15) is 36.8 Å². The largest absolute Gasteiger partial charge is 0.398 e. The molecule has 3 N–H and O–H groups in total. The van der Waals surface area contributed by atoms with Crippen molar-refractivity contribution in [2.24, 2.45) is 0 Å². The van der Waals surface area contributed by atoms with E-state index >= 15 is 0 Å². The van der Waals surface area contributed by atoms with Gasteiger partial charge >= 0.3 is 0 Å². The van der Waals surface area contributed by atoms with Gasteiger partial charge in [-0.3, -0.25) is 0 Å². The second kappa shape index (κ2) is 6.77. The van der Waals surface area contributed by atoms with Crippen molar-refractivity contribution in [3.8, 4) is 0 Å². The van der Waals surface area contributed by atoms with E-state index in [1.165, 1.54) is 0 Å². The van der Waals surface area contributed by atoms with Crippen LogP contribution in [-0.4, -0.2) is 27.7 Å². The van der Waals surface area contributed by atoms with Gasteiger partial charge in [-0.1, -0.05) is 6.07 Å². The van der Waals surface area contributed by atoms with Crippen LogP contribution >= 0.6 is 0 Å². The van der Waals surface area contributed by atoms with E-state index < -0.39 is 10.0 Å². The lowest BCUT2D eigenvalue weighted by atomic mass is 10.1. The summed E-state index contributed by atoms with van der Waals surface area (Å²) >= 11 is 0. The summed E-state index contributed by atoms with van der Waals surface area (Å²) in [4.78, 5) is 0.298. The molecule has 1 fully saturated rings. The number of aryl methyl sites for hydroxylation is 1. The van der Waals surface area contributed by atoms with Gasteiger partial charge in [-0.25, -0.2) is 13.1 Å². The predicted molar refractivity (Wildman–Crippen MR) is 83.7 cm³/mol. The van der Waals surface area contributed by atoms with Crippen LogP contribution < -0.4 is 10.5 Å². The smallest absolute Gasteiger partial charge is 0.241 e. The first-order chi connectivity index (χ1) is 9.92. The average molecular weight is 312 g/mol. The summed E-state index contributed by atoms with van der Waals surface area (Å²) in [5.41, 5.74) is 7.64. The normalized spacial score (nSPS) is 19.6. The minimum Gasteiger partial charge on any atom is -0.398 e. The maximum Gasteiger partial charge on any atom is 0.241 e. The van der Waals surface area contributed by atoms with E-state index in [1.807, 2.05) is 0 Å². The molecule has 2 rings (SSSR count). The summed E-state index contributed by atoms with van der Waals surface area (Å²) in [6.07, 6.45) is 4.15.